The molecule has 2 saturated heterocycles. The van der Waals surface area contributed by atoms with Crippen LogP contribution in [-0.2, 0) is 11.8 Å². The molecule has 6 nitrogen and oxygen atoms in total. The molecule has 0 amide bonds. The highest BCUT2D eigenvalue weighted by molar-refractivity contribution is 5.93. The van der Waals surface area contributed by atoms with Crippen LogP contribution in [0.3, 0.4) is 0 Å². The van der Waals surface area contributed by atoms with E-state index in [9.17, 15) is 0 Å². The van der Waals surface area contributed by atoms with Gasteiger partial charge in [-0.1, -0.05) is 0 Å². The van der Waals surface area contributed by atoms with Crippen molar-refractivity contribution in [3.63, 3.8) is 0 Å². The Hall–Kier alpha value is -2.18. The van der Waals surface area contributed by atoms with E-state index >= 15 is 0 Å². The van der Waals surface area contributed by atoms with E-state index in [1.165, 1.54) is 42.3 Å². The molecular weight excluding hydrogens is 362 g/mol. The zero-order chi connectivity index (χ0) is 19.5. The van der Waals surface area contributed by atoms with Crippen molar-refractivity contribution in [1.29, 1.82) is 0 Å². The van der Waals surface area contributed by atoms with E-state index in [1.54, 1.807) is 0 Å². The molecule has 0 unspecified atom stereocenters. The molecule has 152 valence electrons. The van der Waals surface area contributed by atoms with Crippen molar-refractivity contribution in [2.45, 2.75) is 38.1 Å². The molecule has 5 atom stereocenters. The number of hydrogen-bond acceptors (Lipinski definition) is 4. The van der Waals surface area contributed by atoms with E-state index in [-0.39, 0.29) is 0 Å². The molecular formula is C23H29N5O. The molecule has 3 aliphatic rings. The molecule has 6 heteroatoms. The first-order valence-corrected chi connectivity index (χ1v) is 11.0. The topological polar surface area (TPSA) is 67.8 Å². The molecule has 6 rings (SSSR count). The molecule has 29 heavy (non-hydrogen) atoms. The zero-order valence-electron chi connectivity index (χ0n) is 17.2. The predicted molar refractivity (Wildman–Crippen MR) is 113 cm³/mol. The molecule has 4 heterocycles. The second-order valence-electron chi connectivity index (χ2n) is 9.38. The predicted octanol–water partition coefficient (Wildman–Crippen LogP) is 3.39. The number of fused-ring (bicyclic) bond motifs is 2. The molecule has 1 saturated carbocycles. The van der Waals surface area contributed by atoms with E-state index in [0.29, 0.717) is 17.9 Å². The Morgan fingerprint density at radius 3 is 2.93 bits per heavy atom. The number of H-pyrrole nitrogens is 1. The smallest absolute Gasteiger partial charge is 0.103 e. The third-order valence-electron chi connectivity index (χ3n) is 7.67. The van der Waals surface area contributed by atoms with Gasteiger partial charge >= 0.3 is 0 Å². The highest BCUT2D eigenvalue weighted by Crippen LogP contribution is 2.49. The minimum atomic E-state index is 0.649. The van der Waals surface area contributed by atoms with Crippen molar-refractivity contribution in [3.05, 3.63) is 35.7 Å². The standard InChI is InChI=1S/C23H29N5O/c1-13-5-21-20(23(27-26-21)17-10-25-28(2)11-17)8-18(13)15-6-16-9-24-22(19(16)7-15)14-3-4-29-12-14/h5,8,10-11,14-16,19,22,24H,3-4,6-7,9,12H2,1-2H3,(H,26,27)/t14-,15+,16-,19+,22-/m0/s1. The SMILES string of the molecule is Cc1cc2[nH]nc(-c3cnn(C)c3)c2cc1[C@@H]1C[C@H]2CN[C@@H]([C@H]3CCOC3)[C@@H]2C1. The number of hydrogen-bond donors (Lipinski definition) is 2. The van der Waals surface area contributed by atoms with Gasteiger partial charge in [-0.15, -0.1) is 0 Å². The summed E-state index contributed by atoms with van der Waals surface area (Å²) in [4.78, 5) is 0. The highest BCUT2D eigenvalue weighted by atomic mass is 16.5. The maximum atomic E-state index is 5.69. The van der Waals surface area contributed by atoms with Crippen molar-refractivity contribution in [2.24, 2.45) is 24.8 Å². The van der Waals surface area contributed by atoms with Gasteiger partial charge in [-0.2, -0.15) is 10.2 Å². The van der Waals surface area contributed by atoms with Crippen molar-refractivity contribution < 1.29 is 4.74 Å². The van der Waals surface area contributed by atoms with E-state index < -0.39 is 0 Å². The number of aromatic amines is 1. The Balaban J connectivity index is 1.32. The van der Waals surface area contributed by atoms with Gasteiger partial charge in [0, 0.05) is 42.8 Å². The quantitative estimate of drug-likeness (QED) is 0.718. The third kappa shape index (κ3) is 2.84. The number of ether oxygens (including phenoxy) is 1. The summed E-state index contributed by atoms with van der Waals surface area (Å²) in [6, 6.07) is 5.34. The number of nitrogens with one attached hydrogen (secondary N) is 2. The first-order valence-electron chi connectivity index (χ1n) is 11.0. The largest absolute Gasteiger partial charge is 0.381 e. The van der Waals surface area contributed by atoms with Crippen LogP contribution < -0.4 is 5.32 Å². The fourth-order valence-corrected chi connectivity index (χ4v) is 6.27. The van der Waals surface area contributed by atoms with Crippen LogP contribution in [0.15, 0.2) is 24.5 Å². The first-order chi connectivity index (χ1) is 14.2. The number of benzene rings is 1. The van der Waals surface area contributed by atoms with Crippen LogP contribution in [0.1, 0.15) is 36.3 Å². The fraction of sp³-hybridized carbons (Fsp3) is 0.565. The number of aromatic nitrogens is 4. The second kappa shape index (κ2) is 6.67. The summed E-state index contributed by atoms with van der Waals surface area (Å²) in [6.07, 6.45) is 7.75. The van der Waals surface area contributed by atoms with E-state index in [0.717, 1.165) is 41.8 Å². The molecule has 2 aliphatic heterocycles. The number of nitrogens with zero attached hydrogens (tertiary/aromatic N) is 3. The minimum absolute atomic E-state index is 0.649. The van der Waals surface area contributed by atoms with Gasteiger partial charge in [0.25, 0.3) is 0 Å². The van der Waals surface area contributed by atoms with Gasteiger partial charge in [0.15, 0.2) is 0 Å². The lowest BCUT2D eigenvalue weighted by Crippen LogP contribution is -2.35. The van der Waals surface area contributed by atoms with Crippen LogP contribution in [0.5, 0.6) is 0 Å². The zero-order valence-corrected chi connectivity index (χ0v) is 17.2. The Labute approximate surface area is 171 Å². The molecule has 2 aromatic heterocycles. The minimum Gasteiger partial charge on any atom is -0.381 e. The van der Waals surface area contributed by atoms with Crippen LogP contribution in [-0.4, -0.2) is 45.8 Å². The lowest BCUT2D eigenvalue weighted by molar-refractivity contribution is 0.171. The fourth-order valence-electron chi connectivity index (χ4n) is 6.27. The first kappa shape index (κ1) is 17.7. The summed E-state index contributed by atoms with van der Waals surface area (Å²) in [5.41, 5.74) is 6.10. The normalized spacial score (nSPS) is 31.7. The summed E-state index contributed by atoms with van der Waals surface area (Å²) < 4.78 is 7.52. The Bertz CT molecular complexity index is 1050. The highest BCUT2D eigenvalue weighted by Gasteiger charge is 2.47. The summed E-state index contributed by atoms with van der Waals surface area (Å²) in [5, 5.41) is 17.2. The van der Waals surface area contributed by atoms with Crippen molar-refractivity contribution in [2.75, 3.05) is 19.8 Å². The molecule has 3 aromatic rings. The van der Waals surface area contributed by atoms with E-state index in [2.05, 4.69) is 39.7 Å². The van der Waals surface area contributed by atoms with Crippen LogP contribution in [0, 0.1) is 24.7 Å². The molecule has 1 aliphatic carbocycles. The van der Waals surface area contributed by atoms with Gasteiger partial charge in [0.05, 0.1) is 18.3 Å². The summed E-state index contributed by atoms with van der Waals surface area (Å²) >= 11 is 0. The summed E-state index contributed by atoms with van der Waals surface area (Å²) in [5.74, 6) is 2.96. The molecule has 0 bridgehead atoms. The van der Waals surface area contributed by atoms with Gasteiger partial charge < -0.3 is 10.1 Å². The second-order valence-corrected chi connectivity index (χ2v) is 9.38. The molecule has 0 radical (unpaired) electrons. The lowest BCUT2D eigenvalue weighted by atomic mass is 9.84. The third-order valence-corrected chi connectivity index (χ3v) is 7.67. The number of aryl methyl sites for hydroxylation is 2. The Morgan fingerprint density at radius 1 is 1.21 bits per heavy atom. The summed E-state index contributed by atoms with van der Waals surface area (Å²) in [7, 11) is 1.95. The van der Waals surface area contributed by atoms with Crippen LogP contribution in [0.2, 0.25) is 0 Å². The average Bonchev–Trinajstić information content (AvgIpc) is 3.49. The Kier molecular flexibility index (Phi) is 4.06. The number of rotatable bonds is 3. The van der Waals surface area contributed by atoms with Crippen LogP contribution in [0.4, 0.5) is 0 Å². The van der Waals surface area contributed by atoms with E-state index in [4.69, 9.17) is 4.74 Å². The Morgan fingerprint density at radius 2 is 2.14 bits per heavy atom. The van der Waals surface area contributed by atoms with Crippen LogP contribution in [0.25, 0.3) is 22.2 Å². The van der Waals surface area contributed by atoms with Gasteiger partial charge in [0.2, 0.25) is 0 Å². The lowest BCUT2D eigenvalue weighted by Gasteiger charge is -2.24. The molecule has 2 N–H and O–H groups in total. The van der Waals surface area contributed by atoms with Gasteiger partial charge in [-0.3, -0.25) is 9.78 Å². The average molecular weight is 392 g/mol. The van der Waals surface area contributed by atoms with E-state index in [1.807, 2.05) is 24.1 Å². The van der Waals surface area contributed by atoms with Crippen molar-refractivity contribution in [1.82, 2.24) is 25.3 Å². The summed E-state index contributed by atoms with van der Waals surface area (Å²) in [6.45, 7) is 5.32. The van der Waals surface area contributed by atoms with Gasteiger partial charge in [0.1, 0.15) is 5.69 Å². The van der Waals surface area contributed by atoms with Crippen LogP contribution >= 0.6 is 0 Å². The maximum Gasteiger partial charge on any atom is 0.103 e. The van der Waals surface area contributed by atoms with Crippen molar-refractivity contribution >= 4 is 10.9 Å². The molecule has 3 fully saturated rings. The monoisotopic (exact) mass is 391 g/mol. The van der Waals surface area contributed by atoms with Crippen molar-refractivity contribution in [3.8, 4) is 11.3 Å². The molecule has 0 spiro atoms. The van der Waals surface area contributed by atoms with Gasteiger partial charge in [-0.05, 0) is 73.7 Å². The van der Waals surface area contributed by atoms with Gasteiger partial charge in [-0.25, -0.2) is 0 Å². The maximum absolute atomic E-state index is 5.69. The molecule has 1 aromatic carbocycles.